The number of hydrogen-bond donors (Lipinski definition) is 1. The predicted molar refractivity (Wildman–Crippen MR) is 60.1 cm³/mol. The Morgan fingerprint density at radius 2 is 2.07 bits per heavy atom. The van der Waals surface area contributed by atoms with Crippen LogP contribution < -0.4 is 5.73 Å². The molecule has 0 bridgehead atoms. The molecular weight excluding hydrogens is 219 g/mol. The Labute approximate surface area is 92.5 Å². The molecule has 1 rings (SSSR count). The van der Waals surface area contributed by atoms with Gasteiger partial charge in [0.15, 0.2) is 0 Å². The Hall–Kier alpha value is -1.17. The van der Waals surface area contributed by atoms with E-state index in [4.69, 9.17) is 34.2 Å². The Morgan fingerprint density at radius 3 is 2.71 bits per heavy atom. The van der Waals surface area contributed by atoms with Gasteiger partial charge in [-0.2, -0.15) is 5.26 Å². The summed E-state index contributed by atoms with van der Waals surface area (Å²) in [6.07, 6.45) is 3.81. The molecule has 0 aliphatic carbocycles. The molecule has 2 nitrogen and oxygen atoms in total. The van der Waals surface area contributed by atoms with Crippen LogP contribution in [0.15, 0.2) is 18.2 Å². The van der Waals surface area contributed by atoms with Crippen molar-refractivity contribution in [2.45, 2.75) is 6.42 Å². The Kier molecular flexibility index (Phi) is 3.82. The lowest BCUT2D eigenvalue weighted by molar-refractivity contribution is 1.36. The van der Waals surface area contributed by atoms with Gasteiger partial charge in [0.05, 0.1) is 28.2 Å². The van der Waals surface area contributed by atoms with Gasteiger partial charge in [-0.25, -0.2) is 0 Å². The summed E-state index contributed by atoms with van der Waals surface area (Å²) in [7, 11) is 0. The summed E-state index contributed by atoms with van der Waals surface area (Å²) in [5.74, 6) is 0. The van der Waals surface area contributed by atoms with Gasteiger partial charge >= 0.3 is 0 Å². The third-order valence-corrected chi connectivity index (χ3v) is 2.56. The molecule has 0 saturated heterocycles. The van der Waals surface area contributed by atoms with Crippen LogP contribution in [0.4, 0.5) is 5.69 Å². The fourth-order valence-corrected chi connectivity index (χ4v) is 1.35. The van der Waals surface area contributed by atoms with E-state index in [0.717, 1.165) is 5.56 Å². The third-order valence-electron chi connectivity index (χ3n) is 1.65. The highest BCUT2D eigenvalue weighted by atomic mass is 35.5. The topological polar surface area (TPSA) is 49.8 Å². The van der Waals surface area contributed by atoms with E-state index in [1.165, 1.54) is 0 Å². The maximum Gasteiger partial charge on any atom is 0.0827 e. The van der Waals surface area contributed by atoms with Gasteiger partial charge in [-0.05, 0) is 11.6 Å². The van der Waals surface area contributed by atoms with Crippen molar-refractivity contribution in [2.75, 3.05) is 5.73 Å². The molecule has 1 aromatic carbocycles. The SMILES string of the molecule is N#CCC=Cc1ccc(N)c(Cl)c1Cl. The van der Waals surface area contributed by atoms with E-state index in [-0.39, 0.29) is 0 Å². The zero-order chi connectivity index (χ0) is 10.6. The highest BCUT2D eigenvalue weighted by Gasteiger charge is 2.04. The van der Waals surface area contributed by atoms with Crippen molar-refractivity contribution in [1.82, 2.24) is 0 Å². The number of halogens is 2. The van der Waals surface area contributed by atoms with Gasteiger partial charge in [0.2, 0.25) is 0 Å². The van der Waals surface area contributed by atoms with Crippen molar-refractivity contribution in [1.29, 1.82) is 5.26 Å². The molecule has 4 heteroatoms. The standard InChI is InChI=1S/C10H8Cl2N2/c11-9-7(3-1-2-6-13)4-5-8(14)10(9)12/h1,3-5H,2,14H2. The summed E-state index contributed by atoms with van der Waals surface area (Å²) in [4.78, 5) is 0. The molecule has 0 heterocycles. The summed E-state index contributed by atoms with van der Waals surface area (Å²) in [6, 6.07) is 5.44. The fourth-order valence-electron chi connectivity index (χ4n) is 0.947. The minimum atomic E-state index is 0.346. The van der Waals surface area contributed by atoms with Crippen LogP contribution in [0.1, 0.15) is 12.0 Å². The highest BCUT2D eigenvalue weighted by molar-refractivity contribution is 6.44. The lowest BCUT2D eigenvalue weighted by Gasteiger charge is -2.03. The van der Waals surface area contributed by atoms with Crippen LogP contribution in [0.5, 0.6) is 0 Å². The number of nitrogens with two attached hydrogens (primary N) is 1. The Balaban J connectivity index is 3.01. The van der Waals surface area contributed by atoms with Crippen LogP contribution in [0.2, 0.25) is 10.0 Å². The molecule has 72 valence electrons. The molecule has 0 atom stereocenters. The molecule has 0 aliphatic rings. The van der Waals surface area contributed by atoms with Gasteiger partial charge in [0.1, 0.15) is 0 Å². The normalized spacial score (nSPS) is 10.4. The first-order valence-electron chi connectivity index (χ1n) is 3.93. The highest BCUT2D eigenvalue weighted by Crippen LogP contribution is 2.31. The minimum absolute atomic E-state index is 0.346. The molecule has 1 aromatic rings. The number of nitriles is 1. The van der Waals surface area contributed by atoms with Gasteiger partial charge in [-0.3, -0.25) is 0 Å². The van der Waals surface area contributed by atoms with Gasteiger partial charge < -0.3 is 5.73 Å². The maximum atomic E-state index is 8.33. The first-order valence-corrected chi connectivity index (χ1v) is 4.69. The molecule has 0 saturated carbocycles. The lowest BCUT2D eigenvalue weighted by Crippen LogP contribution is -1.87. The van der Waals surface area contributed by atoms with Crippen LogP contribution in [-0.2, 0) is 0 Å². The zero-order valence-corrected chi connectivity index (χ0v) is 8.81. The van der Waals surface area contributed by atoms with E-state index >= 15 is 0 Å². The third kappa shape index (κ3) is 2.41. The summed E-state index contributed by atoms with van der Waals surface area (Å²) < 4.78 is 0. The zero-order valence-electron chi connectivity index (χ0n) is 7.30. The summed E-state index contributed by atoms with van der Waals surface area (Å²) in [5.41, 5.74) is 6.77. The Morgan fingerprint density at radius 1 is 1.36 bits per heavy atom. The van der Waals surface area contributed by atoms with Crippen molar-refractivity contribution < 1.29 is 0 Å². The molecule has 0 amide bonds. The van der Waals surface area contributed by atoms with Crippen molar-refractivity contribution in [2.24, 2.45) is 0 Å². The van der Waals surface area contributed by atoms with Crippen LogP contribution in [0.25, 0.3) is 6.08 Å². The molecule has 2 N–H and O–H groups in total. The number of rotatable bonds is 2. The summed E-state index contributed by atoms with van der Waals surface area (Å²) in [5, 5.41) is 9.10. The molecule has 0 aliphatic heterocycles. The number of nitrogens with zero attached hydrogens (tertiary/aromatic N) is 1. The smallest absolute Gasteiger partial charge is 0.0827 e. The van der Waals surface area contributed by atoms with Gasteiger partial charge in [0.25, 0.3) is 0 Å². The van der Waals surface area contributed by atoms with Gasteiger partial charge in [-0.1, -0.05) is 41.4 Å². The van der Waals surface area contributed by atoms with E-state index in [0.29, 0.717) is 22.2 Å². The number of nitrogen functional groups attached to an aromatic ring is 1. The van der Waals surface area contributed by atoms with Crippen molar-refractivity contribution in [3.63, 3.8) is 0 Å². The van der Waals surface area contributed by atoms with Crippen LogP contribution >= 0.6 is 23.2 Å². The van der Waals surface area contributed by atoms with Crippen LogP contribution in [-0.4, -0.2) is 0 Å². The van der Waals surface area contributed by atoms with Crippen molar-refractivity contribution in [3.05, 3.63) is 33.8 Å². The molecule has 0 aromatic heterocycles. The van der Waals surface area contributed by atoms with Gasteiger partial charge in [0, 0.05) is 0 Å². The average Bonchev–Trinajstić information content (AvgIpc) is 2.18. The largest absolute Gasteiger partial charge is 0.397 e. The first kappa shape index (κ1) is 10.9. The summed E-state index contributed by atoms with van der Waals surface area (Å²) in [6.45, 7) is 0. The summed E-state index contributed by atoms with van der Waals surface area (Å²) >= 11 is 11.8. The molecular formula is C10H8Cl2N2. The monoisotopic (exact) mass is 226 g/mol. The second kappa shape index (κ2) is 4.90. The molecule has 14 heavy (non-hydrogen) atoms. The van der Waals surface area contributed by atoms with Crippen molar-refractivity contribution in [3.8, 4) is 6.07 Å². The maximum absolute atomic E-state index is 8.33. The van der Waals surface area contributed by atoms with Gasteiger partial charge in [-0.15, -0.1) is 0 Å². The number of hydrogen-bond acceptors (Lipinski definition) is 2. The Bertz CT molecular complexity index is 405. The lowest BCUT2D eigenvalue weighted by atomic mass is 10.2. The number of anilines is 1. The molecule has 0 fully saturated rings. The quantitative estimate of drug-likeness (QED) is 0.786. The second-order valence-electron chi connectivity index (χ2n) is 2.64. The minimum Gasteiger partial charge on any atom is -0.397 e. The van der Waals surface area contributed by atoms with E-state index in [9.17, 15) is 0 Å². The van der Waals surface area contributed by atoms with Crippen LogP contribution in [0, 0.1) is 11.3 Å². The second-order valence-corrected chi connectivity index (χ2v) is 3.39. The van der Waals surface area contributed by atoms with E-state index < -0.39 is 0 Å². The van der Waals surface area contributed by atoms with E-state index in [1.807, 2.05) is 6.07 Å². The van der Waals surface area contributed by atoms with E-state index in [2.05, 4.69) is 0 Å². The number of benzene rings is 1. The van der Waals surface area contributed by atoms with Crippen LogP contribution in [0.3, 0.4) is 0 Å². The van der Waals surface area contributed by atoms with Crippen molar-refractivity contribution >= 4 is 35.0 Å². The molecule has 0 radical (unpaired) electrons. The average molecular weight is 227 g/mol. The molecule has 0 unspecified atom stereocenters. The number of allylic oxidation sites excluding steroid dienone is 1. The molecule has 0 spiro atoms. The fraction of sp³-hybridized carbons (Fsp3) is 0.100. The van der Waals surface area contributed by atoms with E-state index in [1.54, 1.807) is 24.3 Å². The predicted octanol–water partition coefficient (Wildman–Crippen LogP) is 3.50. The first-order chi connectivity index (χ1) is 6.66.